The van der Waals surface area contributed by atoms with Crippen LogP contribution in [0.2, 0.25) is 0 Å². The highest BCUT2D eigenvalue weighted by molar-refractivity contribution is 7.92. The van der Waals surface area contributed by atoms with Crippen LogP contribution in [0.15, 0.2) is 53.6 Å². The van der Waals surface area contributed by atoms with Gasteiger partial charge in [-0.15, -0.1) is 0 Å². The van der Waals surface area contributed by atoms with Gasteiger partial charge in [-0.1, -0.05) is 18.2 Å². The van der Waals surface area contributed by atoms with Crippen molar-refractivity contribution in [2.75, 3.05) is 30.8 Å². The standard InChI is InChI=1S/C29H39N5O3S/c1-19(2)37-26-17-23(22-13-15-34(6)16-14-22)11-12-24(26)32-29-30-18-21(5)28(33-29)31-25-9-7-8-10-27(25)38(35,36)20(3)4/h7-12,17-20,22H,13-16H2,1-6H3,(H2,30,31,32,33). The number of ether oxygens (including phenoxy) is 1. The minimum absolute atomic E-state index is 0.0128. The maximum Gasteiger partial charge on any atom is 0.229 e. The Hall–Kier alpha value is -3.17. The van der Waals surface area contributed by atoms with Gasteiger partial charge in [0.25, 0.3) is 0 Å². The van der Waals surface area contributed by atoms with Gasteiger partial charge in [-0.25, -0.2) is 13.4 Å². The zero-order valence-corrected chi connectivity index (χ0v) is 24.0. The second-order valence-corrected chi connectivity index (χ2v) is 13.0. The summed E-state index contributed by atoms with van der Waals surface area (Å²) in [5.74, 6) is 2.21. The smallest absolute Gasteiger partial charge is 0.229 e. The largest absolute Gasteiger partial charge is 0.489 e. The summed E-state index contributed by atoms with van der Waals surface area (Å²) in [6, 6.07) is 13.2. The fraction of sp³-hybridized carbons (Fsp3) is 0.448. The summed E-state index contributed by atoms with van der Waals surface area (Å²) in [5, 5.41) is 6.01. The van der Waals surface area contributed by atoms with Crippen molar-refractivity contribution in [3.63, 3.8) is 0 Å². The van der Waals surface area contributed by atoms with E-state index < -0.39 is 15.1 Å². The van der Waals surface area contributed by atoms with Crippen molar-refractivity contribution in [2.45, 2.75) is 69.6 Å². The van der Waals surface area contributed by atoms with E-state index in [-0.39, 0.29) is 11.0 Å². The molecule has 0 amide bonds. The van der Waals surface area contributed by atoms with Crippen LogP contribution in [-0.2, 0) is 9.84 Å². The van der Waals surface area contributed by atoms with Crippen LogP contribution in [-0.4, -0.2) is 54.8 Å². The van der Waals surface area contributed by atoms with Crippen LogP contribution >= 0.6 is 0 Å². The fourth-order valence-corrected chi connectivity index (χ4v) is 5.74. The van der Waals surface area contributed by atoms with Crippen molar-refractivity contribution in [1.29, 1.82) is 0 Å². The van der Waals surface area contributed by atoms with Crippen molar-refractivity contribution in [3.8, 4) is 5.75 Å². The Bertz CT molecular complexity index is 1370. The van der Waals surface area contributed by atoms with Gasteiger partial charge in [0.05, 0.1) is 27.6 Å². The van der Waals surface area contributed by atoms with Crippen LogP contribution in [0.25, 0.3) is 0 Å². The number of rotatable bonds is 9. The molecule has 8 nitrogen and oxygen atoms in total. The summed E-state index contributed by atoms with van der Waals surface area (Å²) in [4.78, 5) is 11.8. The molecule has 1 saturated heterocycles. The van der Waals surface area contributed by atoms with Gasteiger partial charge < -0.3 is 20.3 Å². The Labute approximate surface area is 226 Å². The first-order chi connectivity index (χ1) is 18.0. The zero-order valence-electron chi connectivity index (χ0n) is 23.2. The van der Waals surface area contributed by atoms with Gasteiger partial charge in [-0.3, -0.25) is 0 Å². The van der Waals surface area contributed by atoms with E-state index in [1.165, 1.54) is 5.56 Å². The molecule has 3 aromatic rings. The summed E-state index contributed by atoms with van der Waals surface area (Å²) in [6.45, 7) is 11.5. The molecule has 2 N–H and O–H groups in total. The molecule has 1 fully saturated rings. The first-order valence-electron chi connectivity index (χ1n) is 13.2. The molecule has 38 heavy (non-hydrogen) atoms. The molecule has 2 aromatic carbocycles. The molecule has 204 valence electrons. The normalized spacial score (nSPS) is 15.2. The zero-order chi connectivity index (χ0) is 27.4. The van der Waals surface area contributed by atoms with Crippen molar-refractivity contribution in [1.82, 2.24) is 14.9 Å². The van der Waals surface area contributed by atoms with E-state index in [0.29, 0.717) is 23.4 Å². The molecule has 1 aliphatic rings. The second kappa shape index (κ2) is 11.7. The number of hydrogen-bond donors (Lipinski definition) is 2. The van der Waals surface area contributed by atoms with Gasteiger partial charge in [0.2, 0.25) is 5.95 Å². The van der Waals surface area contributed by atoms with Crippen molar-refractivity contribution in [3.05, 3.63) is 59.8 Å². The van der Waals surface area contributed by atoms with Gasteiger partial charge in [0.1, 0.15) is 11.6 Å². The van der Waals surface area contributed by atoms with E-state index in [1.54, 1.807) is 44.3 Å². The molecule has 0 atom stereocenters. The van der Waals surface area contributed by atoms with Crippen LogP contribution in [0.1, 0.15) is 57.6 Å². The Morgan fingerprint density at radius 1 is 1.00 bits per heavy atom. The van der Waals surface area contributed by atoms with Gasteiger partial charge in [-0.2, -0.15) is 4.98 Å². The molecule has 0 aliphatic carbocycles. The third-order valence-corrected chi connectivity index (χ3v) is 9.05. The third-order valence-electron chi connectivity index (χ3n) is 6.84. The summed E-state index contributed by atoms with van der Waals surface area (Å²) >= 11 is 0. The molecule has 4 rings (SSSR count). The Morgan fingerprint density at radius 2 is 1.71 bits per heavy atom. The first-order valence-corrected chi connectivity index (χ1v) is 14.8. The van der Waals surface area contributed by atoms with E-state index in [2.05, 4.69) is 44.7 Å². The predicted octanol–water partition coefficient (Wildman–Crippen LogP) is 6.05. The summed E-state index contributed by atoms with van der Waals surface area (Å²) in [5.41, 5.74) is 3.35. The van der Waals surface area contributed by atoms with E-state index >= 15 is 0 Å². The number of piperidine rings is 1. The number of sulfone groups is 1. The molecule has 1 aromatic heterocycles. The van der Waals surface area contributed by atoms with Gasteiger partial charge in [0.15, 0.2) is 9.84 Å². The van der Waals surface area contributed by atoms with Crippen LogP contribution in [0, 0.1) is 6.92 Å². The Morgan fingerprint density at radius 3 is 2.39 bits per heavy atom. The van der Waals surface area contributed by atoms with Crippen LogP contribution in [0.5, 0.6) is 5.75 Å². The highest BCUT2D eigenvalue weighted by atomic mass is 32.2. The molecule has 0 unspecified atom stereocenters. The fourth-order valence-electron chi connectivity index (χ4n) is 4.54. The maximum absolute atomic E-state index is 12.9. The number of likely N-dealkylation sites (tertiary alicyclic amines) is 1. The van der Waals surface area contributed by atoms with Gasteiger partial charge >= 0.3 is 0 Å². The molecule has 1 aliphatic heterocycles. The average Bonchev–Trinajstić information content (AvgIpc) is 2.87. The molecule has 0 spiro atoms. The first kappa shape index (κ1) is 27.9. The SMILES string of the molecule is Cc1cnc(Nc2ccc(C3CCN(C)CC3)cc2OC(C)C)nc1Nc1ccccc1S(=O)(=O)C(C)C. The van der Waals surface area contributed by atoms with Gasteiger partial charge in [0, 0.05) is 11.8 Å². The second-order valence-electron chi connectivity index (χ2n) is 10.6. The summed E-state index contributed by atoms with van der Waals surface area (Å²) in [6.07, 6.45) is 4.00. The molecule has 0 bridgehead atoms. The van der Waals surface area contributed by atoms with E-state index in [9.17, 15) is 8.42 Å². The average molecular weight is 538 g/mol. The number of aromatic nitrogens is 2. The van der Waals surface area contributed by atoms with Crippen molar-refractivity contribution in [2.24, 2.45) is 0 Å². The van der Waals surface area contributed by atoms with E-state index in [4.69, 9.17) is 4.74 Å². The summed E-state index contributed by atoms with van der Waals surface area (Å²) < 4.78 is 32.0. The van der Waals surface area contributed by atoms with E-state index in [0.717, 1.165) is 42.9 Å². The number of nitrogens with one attached hydrogen (secondary N) is 2. The molecular formula is C29H39N5O3S. The van der Waals surface area contributed by atoms with Crippen molar-refractivity contribution < 1.29 is 13.2 Å². The lowest BCUT2D eigenvalue weighted by molar-refractivity contribution is 0.241. The monoisotopic (exact) mass is 537 g/mol. The molecule has 0 radical (unpaired) electrons. The minimum atomic E-state index is -3.47. The molecule has 9 heteroatoms. The molecule has 2 heterocycles. The lowest BCUT2D eigenvalue weighted by atomic mass is 9.89. The maximum atomic E-state index is 12.9. The Kier molecular flexibility index (Phi) is 8.57. The number of hydrogen-bond acceptors (Lipinski definition) is 8. The number of benzene rings is 2. The molecule has 0 saturated carbocycles. The van der Waals surface area contributed by atoms with Gasteiger partial charge in [-0.05, 0) is 103 Å². The Balaban J connectivity index is 1.61. The quantitative estimate of drug-likeness (QED) is 0.340. The van der Waals surface area contributed by atoms with E-state index in [1.807, 2.05) is 26.8 Å². The van der Waals surface area contributed by atoms with Crippen LogP contribution in [0.4, 0.5) is 23.1 Å². The predicted molar refractivity (Wildman–Crippen MR) is 154 cm³/mol. The van der Waals surface area contributed by atoms with Crippen molar-refractivity contribution >= 4 is 33.0 Å². The highest BCUT2D eigenvalue weighted by Gasteiger charge is 2.23. The van der Waals surface area contributed by atoms with Crippen LogP contribution < -0.4 is 15.4 Å². The number of aryl methyl sites for hydroxylation is 1. The lowest BCUT2D eigenvalue weighted by Crippen LogP contribution is -2.29. The number of anilines is 4. The third kappa shape index (κ3) is 6.45. The van der Waals surface area contributed by atoms with Crippen LogP contribution in [0.3, 0.4) is 0 Å². The number of para-hydroxylation sites is 1. The number of nitrogens with zero attached hydrogens (tertiary/aromatic N) is 3. The topological polar surface area (TPSA) is 96.4 Å². The minimum Gasteiger partial charge on any atom is -0.489 e. The highest BCUT2D eigenvalue weighted by Crippen LogP contribution is 2.36. The lowest BCUT2D eigenvalue weighted by Gasteiger charge is -2.29. The molecular weight excluding hydrogens is 498 g/mol. The summed E-state index contributed by atoms with van der Waals surface area (Å²) in [7, 11) is -1.30.